The molecule has 0 unspecified atom stereocenters. The maximum absolute atomic E-state index is 12.8. The first-order chi connectivity index (χ1) is 13.2. The lowest BCUT2D eigenvalue weighted by Gasteiger charge is -2.09. The molecule has 0 radical (unpaired) electrons. The molecule has 0 bridgehead atoms. The number of benzene rings is 1. The largest absolute Gasteiger partial charge is 0.484 e. The Hall–Kier alpha value is -3.43. The van der Waals surface area contributed by atoms with Crippen LogP contribution in [0.2, 0.25) is 0 Å². The van der Waals surface area contributed by atoms with Crippen LogP contribution in [-0.4, -0.2) is 32.9 Å². The third-order valence-electron chi connectivity index (χ3n) is 3.85. The molecule has 0 aliphatic heterocycles. The number of nitrogens with zero attached hydrogens (tertiary/aromatic N) is 3. The lowest BCUT2D eigenvalue weighted by molar-refractivity contribution is -0.137. The number of halogens is 3. The number of pyridine rings is 1. The van der Waals surface area contributed by atoms with E-state index in [-0.39, 0.29) is 30.4 Å². The number of alkyl halides is 3. The number of fused-ring (bicyclic) bond motifs is 1. The number of amides is 1. The third-order valence-corrected chi connectivity index (χ3v) is 3.85. The molecule has 7 nitrogen and oxygen atoms in total. The summed E-state index contributed by atoms with van der Waals surface area (Å²) in [7, 11) is 0. The summed E-state index contributed by atoms with van der Waals surface area (Å²) in [6.45, 7) is 0.961. The van der Waals surface area contributed by atoms with Crippen molar-refractivity contribution in [2.75, 3.05) is 6.61 Å². The van der Waals surface area contributed by atoms with Crippen molar-refractivity contribution in [3.8, 4) is 5.75 Å². The van der Waals surface area contributed by atoms with Crippen LogP contribution in [0.1, 0.15) is 28.7 Å². The van der Waals surface area contributed by atoms with Crippen molar-refractivity contribution in [3.05, 3.63) is 59.5 Å². The van der Waals surface area contributed by atoms with Gasteiger partial charge in [-0.1, -0.05) is 12.1 Å². The molecule has 10 heteroatoms. The molecule has 0 aliphatic rings. The van der Waals surface area contributed by atoms with Gasteiger partial charge >= 0.3 is 6.18 Å². The van der Waals surface area contributed by atoms with Crippen LogP contribution in [0.4, 0.5) is 13.2 Å². The summed E-state index contributed by atoms with van der Waals surface area (Å²) < 4.78 is 45.0. The topological polar surface area (TPSA) is 85.6 Å². The van der Waals surface area contributed by atoms with E-state index in [4.69, 9.17) is 4.74 Å². The first kappa shape index (κ1) is 19.3. The molecule has 0 atom stereocenters. The van der Waals surface area contributed by atoms with E-state index in [2.05, 4.69) is 15.5 Å². The number of hydrogen-bond acceptors (Lipinski definition) is 5. The van der Waals surface area contributed by atoms with Crippen LogP contribution >= 0.6 is 0 Å². The minimum atomic E-state index is -4.50. The Morgan fingerprint density at radius 2 is 1.96 bits per heavy atom. The number of aromatic nitrogens is 3. The van der Waals surface area contributed by atoms with Gasteiger partial charge in [0.25, 0.3) is 5.91 Å². The van der Waals surface area contributed by atoms with E-state index in [0.29, 0.717) is 11.3 Å². The lowest BCUT2D eigenvalue weighted by Crippen LogP contribution is -2.29. The highest BCUT2D eigenvalue weighted by Crippen LogP contribution is 2.29. The molecule has 3 aromatic rings. The highest BCUT2D eigenvalue weighted by Gasteiger charge is 2.31. The second-order valence-electron chi connectivity index (χ2n) is 5.91. The summed E-state index contributed by atoms with van der Waals surface area (Å²) in [5, 5.41) is 10.1. The smallest absolute Gasteiger partial charge is 0.417 e. The molecule has 146 valence electrons. The molecule has 1 N–H and O–H groups in total. The standard InChI is InChI=1S/C18H15F3N4O3/c1-11(26)12-3-2-4-14(7-12)28-10-17(27)22-8-16-24-23-15-6-5-13(9-25(15)16)18(19,20)21/h2-7,9H,8,10H2,1H3,(H,22,27). The van der Waals surface area contributed by atoms with E-state index < -0.39 is 17.6 Å². The zero-order valence-corrected chi connectivity index (χ0v) is 14.7. The molecule has 0 saturated heterocycles. The van der Waals surface area contributed by atoms with E-state index in [1.54, 1.807) is 18.2 Å². The molecule has 2 heterocycles. The minimum absolute atomic E-state index is 0.127. The zero-order chi connectivity index (χ0) is 20.3. The average molecular weight is 392 g/mol. The number of nitrogens with one attached hydrogen (secondary N) is 1. The summed E-state index contributed by atoms with van der Waals surface area (Å²) >= 11 is 0. The van der Waals surface area contributed by atoms with Crippen molar-refractivity contribution in [1.29, 1.82) is 0 Å². The number of ketones is 1. The summed E-state index contributed by atoms with van der Waals surface area (Å²) in [4.78, 5) is 23.3. The molecular weight excluding hydrogens is 377 g/mol. The third kappa shape index (κ3) is 4.45. The molecule has 28 heavy (non-hydrogen) atoms. The van der Waals surface area contributed by atoms with Crippen molar-refractivity contribution in [2.45, 2.75) is 19.6 Å². The predicted molar refractivity (Wildman–Crippen MR) is 91.8 cm³/mol. The van der Waals surface area contributed by atoms with Crippen LogP contribution < -0.4 is 10.1 Å². The van der Waals surface area contributed by atoms with E-state index in [9.17, 15) is 22.8 Å². The SMILES string of the molecule is CC(=O)c1cccc(OCC(=O)NCc2nnc3ccc(C(F)(F)F)cn23)c1. The summed E-state index contributed by atoms with van der Waals surface area (Å²) in [6.07, 6.45) is -3.62. The van der Waals surface area contributed by atoms with Crippen LogP contribution in [-0.2, 0) is 17.5 Å². The van der Waals surface area contributed by atoms with Crippen molar-refractivity contribution in [1.82, 2.24) is 19.9 Å². The fourth-order valence-electron chi connectivity index (χ4n) is 2.41. The number of ether oxygens (including phenoxy) is 1. The van der Waals surface area contributed by atoms with Gasteiger partial charge in [-0.05, 0) is 31.2 Å². The van der Waals surface area contributed by atoms with E-state index in [1.165, 1.54) is 23.5 Å². The van der Waals surface area contributed by atoms with Crippen LogP contribution in [0.3, 0.4) is 0 Å². The van der Waals surface area contributed by atoms with Crippen LogP contribution in [0.25, 0.3) is 5.65 Å². The second-order valence-corrected chi connectivity index (χ2v) is 5.91. The van der Waals surface area contributed by atoms with Gasteiger partial charge in [0.15, 0.2) is 23.9 Å². The van der Waals surface area contributed by atoms with Crippen molar-refractivity contribution in [3.63, 3.8) is 0 Å². The molecule has 3 rings (SSSR count). The van der Waals surface area contributed by atoms with Crippen molar-refractivity contribution in [2.24, 2.45) is 0 Å². The molecule has 0 fully saturated rings. The number of hydrogen-bond donors (Lipinski definition) is 1. The molecule has 2 aromatic heterocycles. The average Bonchev–Trinajstić information content (AvgIpc) is 3.06. The van der Waals surface area contributed by atoms with Gasteiger partial charge in [0.2, 0.25) is 0 Å². The van der Waals surface area contributed by atoms with Crippen LogP contribution in [0, 0.1) is 0 Å². The quantitative estimate of drug-likeness (QED) is 0.652. The lowest BCUT2D eigenvalue weighted by atomic mass is 10.1. The summed E-state index contributed by atoms with van der Waals surface area (Å²) in [5.41, 5.74) is -0.163. The molecular formula is C18H15F3N4O3. The number of Topliss-reactive ketones (excluding diaryl/α,β-unsaturated/α-hetero) is 1. The Morgan fingerprint density at radius 1 is 1.18 bits per heavy atom. The first-order valence-corrected chi connectivity index (χ1v) is 8.15. The van der Waals surface area contributed by atoms with Crippen LogP contribution in [0.5, 0.6) is 5.75 Å². The Bertz CT molecular complexity index is 1030. The fourth-order valence-corrected chi connectivity index (χ4v) is 2.41. The highest BCUT2D eigenvalue weighted by atomic mass is 19.4. The van der Waals surface area contributed by atoms with Gasteiger partial charge < -0.3 is 10.1 Å². The van der Waals surface area contributed by atoms with Gasteiger partial charge in [0.05, 0.1) is 12.1 Å². The Balaban J connectivity index is 1.61. The Kier molecular flexibility index (Phi) is 5.30. The van der Waals surface area contributed by atoms with E-state index >= 15 is 0 Å². The van der Waals surface area contributed by atoms with E-state index in [0.717, 1.165) is 12.3 Å². The summed E-state index contributed by atoms with van der Waals surface area (Å²) in [6, 6.07) is 8.48. The van der Waals surface area contributed by atoms with Crippen molar-refractivity contribution < 1.29 is 27.5 Å². The van der Waals surface area contributed by atoms with Gasteiger partial charge in [-0.15, -0.1) is 10.2 Å². The summed E-state index contributed by atoms with van der Waals surface area (Å²) in [5.74, 6) is -0.137. The highest BCUT2D eigenvalue weighted by molar-refractivity contribution is 5.94. The van der Waals surface area contributed by atoms with Gasteiger partial charge in [0.1, 0.15) is 5.75 Å². The predicted octanol–water partition coefficient (Wildman–Crippen LogP) is 2.65. The van der Waals surface area contributed by atoms with Gasteiger partial charge in [-0.3, -0.25) is 14.0 Å². The van der Waals surface area contributed by atoms with Crippen molar-refractivity contribution >= 4 is 17.3 Å². The van der Waals surface area contributed by atoms with Gasteiger partial charge in [-0.25, -0.2) is 0 Å². The Labute approximate surface area is 157 Å². The monoisotopic (exact) mass is 392 g/mol. The second kappa shape index (κ2) is 7.67. The Morgan fingerprint density at radius 3 is 2.68 bits per heavy atom. The molecule has 0 spiro atoms. The maximum atomic E-state index is 12.8. The first-order valence-electron chi connectivity index (χ1n) is 8.15. The zero-order valence-electron chi connectivity index (χ0n) is 14.7. The van der Waals surface area contributed by atoms with Crippen LogP contribution in [0.15, 0.2) is 42.6 Å². The van der Waals surface area contributed by atoms with Gasteiger partial charge in [-0.2, -0.15) is 13.2 Å². The molecule has 1 aromatic carbocycles. The van der Waals surface area contributed by atoms with E-state index in [1.807, 2.05) is 0 Å². The fraction of sp³-hybridized carbons (Fsp3) is 0.222. The maximum Gasteiger partial charge on any atom is 0.417 e. The number of carbonyl (C=O) groups is 2. The van der Waals surface area contributed by atoms with Gasteiger partial charge in [0, 0.05) is 11.8 Å². The molecule has 1 amide bonds. The molecule has 0 saturated carbocycles. The minimum Gasteiger partial charge on any atom is -0.484 e. The number of carbonyl (C=O) groups excluding carboxylic acids is 2. The number of rotatable bonds is 6. The normalized spacial score (nSPS) is 11.4. The molecule has 0 aliphatic carbocycles.